The molecule has 0 N–H and O–H groups in total. The lowest BCUT2D eigenvalue weighted by Gasteiger charge is -2.47. The first-order valence-corrected chi connectivity index (χ1v) is 56.4. The van der Waals surface area contributed by atoms with E-state index in [1.54, 1.807) is 33.3 Å². The summed E-state index contributed by atoms with van der Waals surface area (Å²) in [6.07, 6.45) is 51.1. The van der Waals surface area contributed by atoms with Crippen molar-refractivity contribution < 1.29 is 37.0 Å². The van der Waals surface area contributed by atoms with E-state index in [9.17, 15) is 22.8 Å². The van der Waals surface area contributed by atoms with E-state index in [4.69, 9.17) is 14.2 Å². The van der Waals surface area contributed by atoms with Crippen molar-refractivity contribution in [2.75, 3.05) is 119 Å². The molecule has 13 rings (SSSR count). The zero-order valence-corrected chi connectivity index (χ0v) is 79.8. The molecule has 0 spiro atoms. The van der Waals surface area contributed by atoms with Gasteiger partial charge < -0.3 is 37.0 Å². The number of ether oxygens (including phenoxy) is 3. The summed E-state index contributed by atoms with van der Waals surface area (Å²) in [6.45, 7) is 26.5. The second-order valence-electron chi connectivity index (χ2n) is 32.9. The van der Waals surface area contributed by atoms with Gasteiger partial charge in [-0.2, -0.15) is 0 Å². The molecule has 15 nitrogen and oxygen atoms in total. The van der Waals surface area contributed by atoms with Gasteiger partial charge in [0.15, 0.2) is 7.14 Å². The molecule has 7 aromatic carbocycles. The summed E-state index contributed by atoms with van der Waals surface area (Å²) < 4.78 is 86.7. The van der Waals surface area contributed by atoms with Crippen molar-refractivity contribution >= 4 is 79.4 Å². The number of aromatic nitrogens is 2. The van der Waals surface area contributed by atoms with E-state index in [-0.39, 0.29) is 0 Å². The van der Waals surface area contributed by atoms with Crippen LogP contribution in [-0.4, -0.2) is 154 Å². The van der Waals surface area contributed by atoms with Gasteiger partial charge in [-0.25, -0.2) is 19.0 Å². The van der Waals surface area contributed by atoms with E-state index in [1.807, 2.05) is 226 Å². The molecule has 0 unspecified atom stereocenters. The average molecular weight is 1750 g/mol. The number of nitrogens with zero attached hydrogens (tertiary/aromatic N) is 7. The summed E-state index contributed by atoms with van der Waals surface area (Å²) in [5, 5.41) is 5.40. The molecular formula is C101H150N7O8P5. The Labute approximate surface area is 732 Å². The predicted octanol–water partition coefficient (Wildman–Crippen LogP) is 24.3. The topological polar surface area (TPSA) is 165 Å². The van der Waals surface area contributed by atoms with E-state index in [0.717, 1.165) is 96.3 Å². The molecule has 3 saturated heterocycles. The Hall–Kier alpha value is -6.52. The highest BCUT2D eigenvalue weighted by atomic mass is 31.2. The first-order chi connectivity index (χ1) is 58.7. The van der Waals surface area contributed by atoms with Crippen LogP contribution in [0.15, 0.2) is 259 Å². The molecule has 662 valence electrons. The van der Waals surface area contributed by atoms with E-state index < -0.39 is 36.2 Å². The van der Waals surface area contributed by atoms with Gasteiger partial charge in [-0.3, -0.25) is 14.5 Å². The highest BCUT2D eigenvalue weighted by Gasteiger charge is 2.44. The monoisotopic (exact) mass is 1740 g/mol. The fourth-order valence-electron chi connectivity index (χ4n) is 14.5. The number of imidazole rings is 1. The van der Waals surface area contributed by atoms with Gasteiger partial charge in [-0.15, -0.1) is 0 Å². The van der Waals surface area contributed by atoms with Gasteiger partial charge in [0.05, 0.1) is 46.8 Å². The molecular weight excluding hydrogens is 1590 g/mol. The van der Waals surface area contributed by atoms with Crippen LogP contribution < -0.4 is 31.8 Å². The van der Waals surface area contributed by atoms with Gasteiger partial charge in [0.2, 0.25) is 0 Å². The van der Waals surface area contributed by atoms with E-state index in [2.05, 4.69) is 83.8 Å². The number of rotatable bonds is 37. The number of aryl methyl sites for hydroxylation is 1. The summed E-state index contributed by atoms with van der Waals surface area (Å²) in [4.78, 5) is 12.9. The van der Waals surface area contributed by atoms with E-state index >= 15 is 0 Å². The number of aliphatic imine (C=N–C) groups is 2. The smallest absolute Gasteiger partial charge is 0.287 e. The first-order valence-electron chi connectivity index (χ1n) is 45.3. The Balaban J connectivity index is 0.000000219. The summed E-state index contributed by atoms with van der Waals surface area (Å²) >= 11 is 0. The van der Waals surface area contributed by atoms with Crippen LogP contribution in [0, 0.1) is 6.92 Å². The van der Waals surface area contributed by atoms with Crippen LogP contribution in [0.2, 0.25) is 0 Å². The van der Waals surface area contributed by atoms with Crippen molar-refractivity contribution in [1.82, 2.24) is 23.6 Å². The Bertz CT molecular complexity index is 4150. The molecule has 0 atom stereocenters. The second kappa shape index (κ2) is 60.9. The maximum absolute atomic E-state index is 13.9. The van der Waals surface area contributed by atoms with Gasteiger partial charge in [0.25, 0.3) is 7.59 Å². The molecule has 0 amide bonds. The van der Waals surface area contributed by atoms with E-state index in [1.165, 1.54) is 184 Å². The van der Waals surface area contributed by atoms with Crippen molar-refractivity contribution in [3.05, 3.63) is 261 Å². The molecule has 121 heavy (non-hydrogen) atoms. The number of morpholine rings is 3. The fourth-order valence-corrected chi connectivity index (χ4v) is 23.0. The number of allylic oxidation sites excluding steroid dienone is 2. The fraction of sp³-hybridized carbons (Fsp3) is 0.495. The lowest BCUT2D eigenvalue weighted by Crippen LogP contribution is -2.50. The van der Waals surface area contributed by atoms with Crippen LogP contribution in [0.1, 0.15) is 205 Å². The number of hydrogen-bond acceptors (Lipinski definition) is 11. The molecule has 0 radical (unpaired) electrons. The third-order valence-corrected chi connectivity index (χ3v) is 32.1. The van der Waals surface area contributed by atoms with Gasteiger partial charge in [0.1, 0.15) is 20.1 Å². The summed E-state index contributed by atoms with van der Waals surface area (Å²) in [5.41, 5.74) is 4.10. The number of benzene rings is 7. The minimum absolute atomic E-state index is 0.665. The second-order valence-corrected chi connectivity index (χ2v) is 48.3. The highest BCUT2D eigenvalue weighted by Crippen LogP contribution is 2.57. The van der Waals surface area contributed by atoms with Crippen molar-refractivity contribution in [2.24, 2.45) is 9.98 Å². The van der Waals surface area contributed by atoms with Gasteiger partial charge >= 0.3 is 0 Å². The highest BCUT2D eigenvalue weighted by molar-refractivity contribution is 7.85. The molecule has 0 bridgehead atoms. The maximum atomic E-state index is 13.9. The van der Waals surface area contributed by atoms with Crippen LogP contribution in [-0.2, 0) is 43.6 Å². The molecule has 5 aliphatic heterocycles. The average Bonchev–Trinajstić information content (AvgIpc) is 1.52. The Morgan fingerprint density at radius 2 is 0.603 bits per heavy atom. The minimum Gasteiger partial charge on any atom is -0.379 e. The largest absolute Gasteiger partial charge is 0.379 e. The van der Waals surface area contributed by atoms with Crippen LogP contribution in [0.5, 0.6) is 0 Å². The lowest BCUT2D eigenvalue weighted by molar-refractivity contribution is 0.0307. The molecule has 0 aliphatic carbocycles. The molecule has 20 heteroatoms. The zero-order chi connectivity index (χ0) is 86.8. The summed E-state index contributed by atoms with van der Waals surface area (Å²) in [7, 11) is -11.5. The molecule has 0 saturated carbocycles. The van der Waals surface area contributed by atoms with Crippen molar-refractivity contribution in [3.8, 4) is 0 Å². The SMILES string of the molecule is CCCCCCCCCCCC1=NC=CC1.CCCCCCCCCCCCCCCCCC1=NC=CC1.CP(=O)(c1ccccc1)c1ccccc1.CP(C)(=O)c1ccccc1.CP(C)(C)=O.Cc1nccn1Cc1ccccc1.O=P(N1CCOCC1)(N1CCOCC1)N1CCOCC1.O=P(c1ccccc1)(c1ccccc1)c1ccccc1. The number of unbranched alkanes of at least 4 members (excludes halogenated alkanes) is 22. The Kier molecular flexibility index (Phi) is 52.0. The van der Waals surface area contributed by atoms with E-state index in [0.29, 0.717) is 39.6 Å². The number of hydrogen-bond donors (Lipinski definition) is 0. The quantitative estimate of drug-likeness (QED) is 0.0268. The predicted molar refractivity (Wildman–Crippen MR) is 523 cm³/mol. The Morgan fingerprint density at radius 3 is 0.851 bits per heavy atom. The molecule has 5 aliphatic rings. The Morgan fingerprint density at radius 1 is 0.339 bits per heavy atom. The van der Waals surface area contributed by atoms with Crippen LogP contribution in [0.4, 0.5) is 0 Å². The summed E-state index contributed by atoms with van der Waals surface area (Å²) in [6, 6.07) is 68.4. The van der Waals surface area contributed by atoms with Crippen molar-refractivity contribution in [3.63, 3.8) is 0 Å². The first kappa shape index (κ1) is 103. The third kappa shape index (κ3) is 41.9. The molecule has 1 aromatic heterocycles. The summed E-state index contributed by atoms with van der Waals surface area (Å²) in [5.74, 6) is 1.06. The van der Waals surface area contributed by atoms with Crippen molar-refractivity contribution in [1.29, 1.82) is 0 Å². The van der Waals surface area contributed by atoms with Crippen LogP contribution in [0.25, 0.3) is 0 Å². The van der Waals surface area contributed by atoms with Crippen molar-refractivity contribution in [2.45, 2.75) is 207 Å². The molecule has 3 fully saturated rings. The van der Waals surface area contributed by atoms with Gasteiger partial charge in [-0.1, -0.05) is 380 Å². The minimum atomic E-state index is -2.78. The normalized spacial score (nSPS) is 14.9. The maximum Gasteiger partial charge on any atom is 0.287 e. The standard InChI is InChI=1S/C21H39N.C18H15OP.C15H27N.C13H13OP.C12H24N3O4P.C11H12N2.C8H11OP.C3H9OP/c1-2-3-4-5-6-7-8-9-10-11-12-13-14-15-16-18-21-19-17-20-22-21;19-20(16-10-4-1-5-11-16,17-12-6-2-7-13-17)18-14-8-3-9-15-18;1-2-3-4-5-6-7-8-9-10-12-15-13-11-14-16-15;1-15(14,12-8-4-2-5-9-12)13-10-6-3-7-11-13;16-20(13-1-7-17-8-2-13,14-3-9-18-10-4-14)15-5-11-19-12-6-15;1-10-12-7-8-13(10)9-11-5-3-2-4-6-11;1-10(2,9)8-6-4-3-5-7-8;1-5(2,3)4/h17,20H,2-16,18-19H2,1H3;1-15H;11,14H,2-10,12-13H2,1H3;2-11H,1H3;1-12H2;2-8H,9H2,1H3;3-7H,1-2H3;1-3H3. The lowest BCUT2D eigenvalue weighted by atomic mass is 10.0. The van der Waals surface area contributed by atoms with Gasteiger partial charge in [-0.05, 0) is 78.2 Å². The molecule has 8 aromatic rings. The third-order valence-electron chi connectivity index (χ3n) is 21.5. The molecule has 6 heterocycles. The van der Waals surface area contributed by atoms with Crippen LogP contribution in [0.3, 0.4) is 0 Å². The van der Waals surface area contributed by atoms with Crippen LogP contribution >= 0.6 is 36.2 Å². The zero-order valence-electron chi connectivity index (χ0n) is 75.3. The van der Waals surface area contributed by atoms with Gasteiger partial charge in [0, 0.05) is 127 Å².